The summed E-state index contributed by atoms with van der Waals surface area (Å²) >= 11 is 0. The molecule has 0 fully saturated rings. The molecule has 0 unspecified atom stereocenters. The second-order valence-corrected chi connectivity index (χ2v) is 7.44. The van der Waals surface area contributed by atoms with Gasteiger partial charge in [-0.2, -0.15) is 5.10 Å². The molecule has 0 aliphatic rings. The van der Waals surface area contributed by atoms with E-state index in [0.717, 1.165) is 28.9 Å². The lowest BCUT2D eigenvalue weighted by atomic mass is 9.99. The van der Waals surface area contributed by atoms with Crippen LogP contribution in [-0.4, -0.2) is 38.9 Å². The van der Waals surface area contributed by atoms with Crippen molar-refractivity contribution in [2.24, 2.45) is 7.05 Å². The third kappa shape index (κ3) is 5.94. The molecule has 156 valence electrons. The Kier molecular flexibility index (Phi) is 7.63. The first-order chi connectivity index (χ1) is 14.6. The van der Waals surface area contributed by atoms with Gasteiger partial charge in [-0.3, -0.25) is 19.3 Å². The Morgan fingerprint density at radius 1 is 1.10 bits per heavy atom. The summed E-state index contributed by atoms with van der Waals surface area (Å²) in [4.78, 5) is 29.2. The molecule has 2 heterocycles. The molecular weight excluding hydrogens is 376 g/mol. The van der Waals surface area contributed by atoms with Crippen molar-refractivity contribution >= 4 is 11.6 Å². The zero-order valence-electron chi connectivity index (χ0n) is 17.5. The van der Waals surface area contributed by atoms with Crippen LogP contribution >= 0.6 is 0 Å². The fraction of sp³-hybridized carbons (Fsp3) is 0.333. The lowest BCUT2D eigenvalue weighted by Crippen LogP contribution is -2.42. The molecule has 3 aromatic rings. The highest BCUT2D eigenvalue weighted by molar-refractivity contribution is 5.87. The maximum Gasteiger partial charge on any atom is 0.156 e. The highest BCUT2D eigenvalue weighted by Crippen LogP contribution is 2.18. The number of hydrogen-bond donors (Lipinski definition) is 1. The molecule has 0 aliphatic carbocycles. The highest BCUT2D eigenvalue weighted by atomic mass is 16.1. The molecule has 2 aromatic heterocycles. The Balaban J connectivity index is 1.73. The molecule has 0 bridgehead atoms. The second kappa shape index (κ2) is 10.6. The van der Waals surface area contributed by atoms with Crippen molar-refractivity contribution in [3.05, 3.63) is 72.2 Å². The highest BCUT2D eigenvalue weighted by Gasteiger charge is 2.21. The Hall–Kier alpha value is -3.12. The van der Waals surface area contributed by atoms with Crippen molar-refractivity contribution in [3.63, 3.8) is 0 Å². The van der Waals surface area contributed by atoms with Crippen LogP contribution in [0.3, 0.4) is 0 Å². The normalized spacial score (nSPS) is 11.9. The van der Waals surface area contributed by atoms with Crippen molar-refractivity contribution in [1.82, 2.24) is 20.1 Å². The van der Waals surface area contributed by atoms with E-state index in [9.17, 15) is 9.59 Å². The van der Waals surface area contributed by atoms with Crippen LogP contribution < -0.4 is 5.32 Å². The van der Waals surface area contributed by atoms with Gasteiger partial charge >= 0.3 is 0 Å². The molecule has 1 atom stereocenters. The summed E-state index contributed by atoms with van der Waals surface area (Å²) in [6.45, 7) is 2.19. The standard InChI is InChI=1S/C24H28N4O2/c1-3-7-21(29)17-26-23(14-18-8-5-4-6-9-18)24(30)16-20-15-22(27-28(20)2)19-10-12-25-13-11-19/h4-6,8-13,15,23,26H,3,7,14,16-17H2,1-2H3/t23-/m0/s1. The van der Waals surface area contributed by atoms with Crippen LogP contribution in [0.4, 0.5) is 0 Å². The summed E-state index contributed by atoms with van der Waals surface area (Å²) in [5, 5.41) is 7.73. The van der Waals surface area contributed by atoms with E-state index in [2.05, 4.69) is 15.4 Å². The maximum atomic E-state index is 13.2. The maximum absolute atomic E-state index is 13.2. The number of benzene rings is 1. The Morgan fingerprint density at radius 2 is 1.83 bits per heavy atom. The molecular formula is C24H28N4O2. The predicted octanol–water partition coefficient (Wildman–Crippen LogP) is 3.16. The summed E-state index contributed by atoms with van der Waals surface area (Å²) < 4.78 is 1.75. The van der Waals surface area contributed by atoms with Crippen LogP contribution in [0.25, 0.3) is 11.3 Å². The smallest absolute Gasteiger partial charge is 0.156 e. The van der Waals surface area contributed by atoms with Gasteiger partial charge in [-0.05, 0) is 36.6 Å². The number of aryl methyl sites for hydroxylation is 1. The number of nitrogens with one attached hydrogen (secondary N) is 1. The topological polar surface area (TPSA) is 76.9 Å². The number of ketones is 2. The number of hydrogen-bond acceptors (Lipinski definition) is 5. The molecule has 0 saturated carbocycles. The number of rotatable bonds is 11. The molecule has 0 aliphatic heterocycles. The van der Waals surface area contributed by atoms with Gasteiger partial charge in [0.15, 0.2) is 5.78 Å². The molecule has 3 rings (SSSR count). The van der Waals surface area contributed by atoms with E-state index in [0.29, 0.717) is 12.8 Å². The van der Waals surface area contributed by atoms with Crippen molar-refractivity contribution in [2.45, 2.75) is 38.6 Å². The number of nitrogens with zero attached hydrogens (tertiary/aromatic N) is 3. The fourth-order valence-electron chi connectivity index (χ4n) is 3.39. The monoisotopic (exact) mass is 404 g/mol. The third-order valence-corrected chi connectivity index (χ3v) is 5.05. The molecule has 1 N–H and O–H groups in total. The minimum atomic E-state index is -0.424. The van der Waals surface area contributed by atoms with Crippen molar-refractivity contribution in [3.8, 4) is 11.3 Å². The Labute approximate surface area is 177 Å². The summed E-state index contributed by atoms with van der Waals surface area (Å²) in [5.74, 6) is 0.177. The number of Topliss-reactive ketones (excluding diaryl/α,β-unsaturated/α-hetero) is 2. The van der Waals surface area contributed by atoms with E-state index < -0.39 is 6.04 Å². The molecule has 0 saturated heterocycles. The summed E-state index contributed by atoms with van der Waals surface area (Å²) in [6.07, 6.45) is 5.58. The minimum absolute atomic E-state index is 0.0485. The Bertz CT molecular complexity index is 967. The van der Waals surface area contributed by atoms with Gasteiger partial charge < -0.3 is 5.32 Å². The number of carbonyl (C=O) groups excluding carboxylic acids is 2. The first-order valence-corrected chi connectivity index (χ1v) is 10.3. The zero-order valence-corrected chi connectivity index (χ0v) is 17.5. The van der Waals surface area contributed by atoms with Gasteiger partial charge in [-0.25, -0.2) is 0 Å². The van der Waals surface area contributed by atoms with Crippen LogP contribution in [0, 0.1) is 0 Å². The van der Waals surface area contributed by atoms with E-state index in [-0.39, 0.29) is 24.5 Å². The predicted molar refractivity (Wildman–Crippen MR) is 117 cm³/mol. The van der Waals surface area contributed by atoms with E-state index in [1.54, 1.807) is 17.1 Å². The molecule has 6 nitrogen and oxygen atoms in total. The average molecular weight is 405 g/mol. The van der Waals surface area contributed by atoms with Crippen LogP contribution in [0.5, 0.6) is 0 Å². The molecule has 0 spiro atoms. The van der Waals surface area contributed by atoms with Gasteiger partial charge in [0.05, 0.1) is 24.7 Å². The third-order valence-electron chi connectivity index (χ3n) is 5.05. The summed E-state index contributed by atoms with van der Waals surface area (Å²) in [6, 6.07) is 15.2. The average Bonchev–Trinajstić information content (AvgIpc) is 3.13. The van der Waals surface area contributed by atoms with Crippen molar-refractivity contribution < 1.29 is 9.59 Å². The van der Waals surface area contributed by atoms with Crippen molar-refractivity contribution in [2.75, 3.05) is 6.54 Å². The molecule has 0 radical (unpaired) electrons. The minimum Gasteiger partial charge on any atom is -0.300 e. The summed E-state index contributed by atoms with van der Waals surface area (Å²) in [7, 11) is 1.84. The van der Waals surface area contributed by atoms with Crippen LogP contribution in [0.15, 0.2) is 60.9 Å². The van der Waals surface area contributed by atoms with Gasteiger partial charge in [-0.15, -0.1) is 0 Å². The van der Waals surface area contributed by atoms with Crippen LogP contribution in [0.1, 0.15) is 31.0 Å². The van der Waals surface area contributed by atoms with E-state index >= 15 is 0 Å². The Morgan fingerprint density at radius 3 is 2.53 bits per heavy atom. The van der Waals surface area contributed by atoms with E-state index in [4.69, 9.17) is 0 Å². The van der Waals surface area contributed by atoms with Crippen LogP contribution in [0.2, 0.25) is 0 Å². The summed E-state index contributed by atoms with van der Waals surface area (Å²) in [5.41, 5.74) is 3.68. The fourth-order valence-corrected chi connectivity index (χ4v) is 3.39. The van der Waals surface area contributed by atoms with Gasteiger partial charge in [0.2, 0.25) is 0 Å². The SMILES string of the molecule is CCCC(=O)CN[C@@H](Cc1ccccc1)C(=O)Cc1cc(-c2ccncc2)nn1C. The first-order valence-electron chi connectivity index (χ1n) is 10.3. The second-order valence-electron chi connectivity index (χ2n) is 7.44. The van der Waals surface area contributed by atoms with E-state index in [1.165, 1.54) is 0 Å². The number of aromatic nitrogens is 3. The number of carbonyl (C=O) groups is 2. The molecule has 1 aromatic carbocycles. The molecule has 30 heavy (non-hydrogen) atoms. The van der Waals surface area contributed by atoms with Crippen LogP contribution in [-0.2, 0) is 29.5 Å². The van der Waals surface area contributed by atoms with Gasteiger partial charge in [-0.1, -0.05) is 37.3 Å². The quantitative estimate of drug-likeness (QED) is 0.531. The lowest BCUT2D eigenvalue weighted by Gasteiger charge is -2.17. The zero-order chi connectivity index (χ0) is 21.3. The van der Waals surface area contributed by atoms with Gasteiger partial charge in [0, 0.05) is 37.1 Å². The van der Waals surface area contributed by atoms with Crippen molar-refractivity contribution in [1.29, 1.82) is 0 Å². The molecule has 6 heteroatoms. The lowest BCUT2D eigenvalue weighted by molar-refractivity contribution is -0.121. The van der Waals surface area contributed by atoms with Gasteiger partial charge in [0.1, 0.15) is 5.78 Å². The molecule has 0 amide bonds. The van der Waals surface area contributed by atoms with Gasteiger partial charge in [0.25, 0.3) is 0 Å². The van der Waals surface area contributed by atoms with E-state index in [1.807, 2.05) is 62.5 Å². The largest absolute Gasteiger partial charge is 0.300 e. The first kappa shape index (κ1) is 21.6. The number of pyridine rings is 1.